The SMILES string of the molecule is CC(C)n1c(-c2cc(I)ccc2O)nc2cccnc21. The molecular formula is C15H14IN3O. The van der Waals surface area contributed by atoms with Crippen molar-refractivity contribution < 1.29 is 5.11 Å². The molecule has 4 nitrogen and oxygen atoms in total. The molecule has 0 aliphatic carbocycles. The lowest BCUT2D eigenvalue weighted by molar-refractivity contribution is 0.476. The lowest BCUT2D eigenvalue weighted by atomic mass is 10.2. The van der Waals surface area contributed by atoms with Crippen LogP contribution in [-0.2, 0) is 0 Å². The van der Waals surface area contributed by atoms with Crippen LogP contribution < -0.4 is 0 Å². The molecule has 0 aliphatic heterocycles. The number of pyridine rings is 1. The maximum Gasteiger partial charge on any atom is 0.160 e. The monoisotopic (exact) mass is 379 g/mol. The Morgan fingerprint density at radius 2 is 2.05 bits per heavy atom. The van der Waals surface area contributed by atoms with Gasteiger partial charge in [0.2, 0.25) is 0 Å². The molecule has 3 rings (SSSR count). The highest BCUT2D eigenvalue weighted by Crippen LogP contribution is 2.33. The van der Waals surface area contributed by atoms with E-state index in [1.165, 1.54) is 0 Å². The van der Waals surface area contributed by atoms with Crippen LogP contribution >= 0.6 is 22.6 Å². The molecule has 0 atom stereocenters. The van der Waals surface area contributed by atoms with Crippen molar-refractivity contribution in [1.29, 1.82) is 0 Å². The number of phenolic OH excluding ortho intramolecular Hbond substituents is 1. The van der Waals surface area contributed by atoms with Crippen molar-refractivity contribution in [2.75, 3.05) is 0 Å². The predicted octanol–water partition coefficient (Wildman–Crippen LogP) is 3.99. The third-order valence-electron chi connectivity index (χ3n) is 3.16. The van der Waals surface area contributed by atoms with Gasteiger partial charge in [0.05, 0.1) is 5.56 Å². The van der Waals surface area contributed by atoms with Gasteiger partial charge in [-0.3, -0.25) is 0 Å². The van der Waals surface area contributed by atoms with Crippen molar-refractivity contribution in [3.8, 4) is 17.1 Å². The van der Waals surface area contributed by atoms with Gasteiger partial charge in [-0.25, -0.2) is 9.97 Å². The van der Waals surface area contributed by atoms with E-state index in [-0.39, 0.29) is 11.8 Å². The Morgan fingerprint density at radius 3 is 2.80 bits per heavy atom. The van der Waals surface area contributed by atoms with E-state index < -0.39 is 0 Å². The minimum Gasteiger partial charge on any atom is -0.507 e. The van der Waals surface area contributed by atoms with Gasteiger partial charge in [-0.1, -0.05) is 0 Å². The molecule has 0 radical (unpaired) electrons. The quantitative estimate of drug-likeness (QED) is 0.685. The number of nitrogens with zero attached hydrogens (tertiary/aromatic N) is 3. The molecule has 2 aromatic heterocycles. The Bertz CT molecular complexity index is 780. The maximum absolute atomic E-state index is 10.1. The number of rotatable bonds is 2. The van der Waals surface area contributed by atoms with Crippen molar-refractivity contribution in [2.24, 2.45) is 0 Å². The van der Waals surface area contributed by atoms with Crippen molar-refractivity contribution in [1.82, 2.24) is 14.5 Å². The average molecular weight is 379 g/mol. The van der Waals surface area contributed by atoms with E-state index in [9.17, 15) is 5.11 Å². The molecule has 0 unspecified atom stereocenters. The summed E-state index contributed by atoms with van der Waals surface area (Å²) in [7, 11) is 0. The molecule has 3 aromatic rings. The summed E-state index contributed by atoms with van der Waals surface area (Å²) in [5.74, 6) is 0.993. The Morgan fingerprint density at radius 1 is 1.25 bits per heavy atom. The zero-order valence-electron chi connectivity index (χ0n) is 11.2. The first-order valence-corrected chi connectivity index (χ1v) is 7.47. The first-order chi connectivity index (χ1) is 9.58. The molecule has 0 amide bonds. The van der Waals surface area contributed by atoms with Crippen molar-refractivity contribution in [3.05, 3.63) is 40.1 Å². The van der Waals surface area contributed by atoms with Crippen LogP contribution in [0, 0.1) is 3.57 Å². The van der Waals surface area contributed by atoms with Crippen molar-refractivity contribution in [2.45, 2.75) is 19.9 Å². The molecular weight excluding hydrogens is 365 g/mol. The fourth-order valence-electron chi connectivity index (χ4n) is 2.30. The highest BCUT2D eigenvalue weighted by Gasteiger charge is 2.18. The number of fused-ring (bicyclic) bond motifs is 1. The summed E-state index contributed by atoms with van der Waals surface area (Å²) in [6, 6.07) is 9.54. The summed E-state index contributed by atoms with van der Waals surface area (Å²) in [6.07, 6.45) is 1.77. The van der Waals surface area contributed by atoms with Crippen molar-refractivity contribution >= 4 is 33.8 Å². The molecule has 0 spiro atoms. The topological polar surface area (TPSA) is 50.9 Å². The van der Waals surface area contributed by atoms with Gasteiger partial charge < -0.3 is 9.67 Å². The van der Waals surface area contributed by atoms with Gasteiger partial charge in [0.1, 0.15) is 17.1 Å². The first-order valence-electron chi connectivity index (χ1n) is 6.40. The minimum atomic E-state index is 0.210. The molecule has 1 aromatic carbocycles. The average Bonchev–Trinajstić information content (AvgIpc) is 2.80. The second-order valence-corrected chi connectivity index (χ2v) is 6.15. The van der Waals surface area contributed by atoms with E-state index in [1.54, 1.807) is 12.3 Å². The summed E-state index contributed by atoms with van der Waals surface area (Å²) < 4.78 is 3.12. The third-order valence-corrected chi connectivity index (χ3v) is 3.84. The van der Waals surface area contributed by atoms with E-state index in [0.29, 0.717) is 0 Å². The summed E-state index contributed by atoms with van der Waals surface area (Å²) in [6.45, 7) is 4.18. The Balaban J connectivity index is 2.35. The standard InChI is InChI=1S/C15H14IN3O/c1-9(2)19-14(11-8-10(16)5-6-13(11)20)18-12-4-3-7-17-15(12)19/h3-9,20H,1-2H3. The fourth-order valence-corrected chi connectivity index (χ4v) is 2.79. The third kappa shape index (κ3) is 2.15. The Labute approximate surface area is 130 Å². The molecule has 20 heavy (non-hydrogen) atoms. The molecule has 102 valence electrons. The molecule has 0 fully saturated rings. The van der Waals surface area contributed by atoms with Crippen LogP contribution in [0.4, 0.5) is 0 Å². The van der Waals surface area contributed by atoms with Gasteiger partial charge in [-0.05, 0) is 66.8 Å². The number of aromatic hydroxyl groups is 1. The Kier molecular flexibility index (Phi) is 3.37. The van der Waals surface area contributed by atoms with Gasteiger partial charge in [0, 0.05) is 15.8 Å². The van der Waals surface area contributed by atoms with E-state index in [1.807, 2.05) is 24.3 Å². The van der Waals surface area contributed by atoms with Gasteiger partial charge in [-0.15, -0.1) is 0 Å². The van der Waals surface area contributed by atoms with E-state index in [2.05, 4.69) is 51.0 Å². The Hall–Kier alpha value is -1.63. The normalized spacial score (nSPS) is 11.4. The number of imidazole rings is 1. The van der Waals surface area contributed by atoms with Crippen LogP contribution in [0.15, 0.2) is 36.5 Å². The smallest absolute Gasteiger partial charge is 0.160 e. The van der Waals surface area contributed by atoms with Gasteiger partial charge in [0.15, 0.2) is 5.65 Å². The number of hydrogen-bond donors (Lipinski definition) is 1. The van der Waals surface area contributed by atoms with Crippen molar-refractivity contribution in [3.63, 3.8) is 0 Å². The maximum atomic E-state index is 10.1. The highest BCUT2D eigenvalue weighted by molar-refractivity contribution is 14.1. The van der Waals surface area contributed by atoms with E-state index in [0.717, 1.165) is 26.1 Å². The molecule has 0 bridgehead atoms. The minimum absolute atomic E-state index is 0.210. The van der Waals surface area contributed by atoms with Crippen LogP contribution in [0.5, 0.6) is 5.75 Å². The zero-order valence-corrected chi connectivity index (χ0v) is 13.4. The van der Waals surface area contributed by atoms with Gasteiger partial charge in [-0.2, -0.15) is 0 Å². The van der Waals surface area contributed by atoms with E-state index >= 15 is 0 Å². The molecule has 1 N–H and O–H groups in total. The second kappa shape index (κ2) is 5.05. The van der Waals surface area contributed by atoms with Gasteiger partial charge >= 0.3 is 0 Å². The number of aromatic nitrogens is 3. The molecule has 0 aliphatic rings. The van der Waals surface area contributed by atoms with Crippen LogP contribution in [0.3, 0.4) is 0 Å². The predicted molar refractivity (Wildman–Crippen MR) is 87.7 cm³/mol. The van der Waals surface area contributed by atoms with E-state index in [4.69, 9.17) is 0 Å². The largest absolute Gasteiger partial charge is 0.507 e. The molecule has 5 heteroatoms. The van der Waals surface area contributed by atoms with Crippen LogP contribution in [0.1, 0.15) is 19.9 Å². The van der Waals surface area contributed by atoms with Crippen LogP contribution in [-0.4, -0.2) is 19.6 Å². The summed E-state index contributed by atoms with van der Waals surface area (Å²) in [4.78, 5) is 9.06. The van der Waals surface area contributed by atoms with Crippen LogP contribution in [0.2, 0.25) is 0 Å². The number of phenols is 1. The van der Waals surface area contributed by atoms with Crippen LogP contribution in [0.25, 0.3) is 22.6 Å². The number of hydrogen-bond acceptors (Lipinski definition) is 3. The second-order valence-electron chi connectivity index (χ2n) is 4.91. The summed E-state index contributed by atoms with van der Waals surface area (Å²) in [5, 5.41) is 10.1. The fraction of sp³-hybridized carbons (Fsp3) is 0.200. The lowest BCUT2D eigenvalue weighted by Gasteiger charge is -2.13. The first kappa shape index (κ1) is 13.4. The summed E-state index contributed by atoms with van der Waals surface area (Å²) >= 11 is 2.23. The number of halogens is 1. The zero-order chi connectivity index (χ0) is 14.3. The molecule has 0 saturated carbocycles. The lowest BCUT2D eigenvalue weighted by Crippen LogP contribution is -2.04. The number of benzene rings is 1. The summed E-state index contributed by atoms with van der Waals surface area (Å²) in [5.41, 5.74) is 2.42. The molecule has 2 heterocycles. The molecule has 0 saturated heterocycles. The van der Waals surface area contributed by atoms with Gasteiger partial charge in [0.25, 0.3) is 0 Å². The highest BCUT2D eigenvalue weighted by atomic mass is 127.